The molecule has 1 amide bonds. The molecule has 74 valence electrons. The summed E-state index contributed by atoms with van der Waals surface area (Å²) in [6.07, 6.45) is 2.11. The van der Waals surface area contributed by atoms with E-state index >= 15 is 0 Å². The summed E-state index contributed by atoms with van der Waals surface area (Å²) in [6.45, 7) is 3.05. The second-order valence-corrected chi connectivity index (χ2v) is 4.05. The van der Waals surface area contributed by atoms with Crippen LogP contribution in [0.3, 0.4) is 0 Å². The zero-order chi connectivity index (χ0) is 9.26. The molecule has 2 aliphatic rings. The minimum absolute atomic E-state index is 0.0662. The third-order valence-corrected chi connectivity index (χ3v) is 2.88. The number of carbonyl (C=O) groups is 1. The SMILES string of the molecule is CN1CCC(NC2CCNC2=O)C1. The predicted octanol–water partition coefficient (Wildman–Crippen LogP) is -0.831. The number of hydrogen-bond acceptors (Lipinski definition) is 3. The molecule has 0 aromatic rings. The Kier molecular flexibility index (Phi) is 2.51. The van der Waals surface area contributed by atoms with Gasteiger partial charge in [0.05, 0.1) is 6.04 Å². The van der Waals surface area contributed by atoms with Crippen LogP contribution in [0.5, 0.6) is 0 Å². The lowest BCUT2D eigenvalue weighted by Gasteiger charge is -2.16. The molecule has 0 aromatic carbocycles. The monoisotopic (exact) mass is 183 g/mol. The van der Waals surface area contributed by atoms with Crippen LogP contribution in [0, 0.1) is 0 Å². The van der Waals surface area contributed by atoms with Gasteiger partial charge in [0.2, 0.25) is 5.91 Å². The summed E-state index contributed by atoms with van der Waals surface area (Å²) in [5.74, 6) is 0.176. The van der Waals surface area contributed by atoms with E-state index in [1.54, 1.807) is 0 Å². The summed E-state index contributed by atoms with van der Waals surface area (Å²) >= 11 is 0. The van der Waals surface area contributed by atoms with Gasteiger partial charge in [-0.05, 0) is 26.4 Å². The second kappa shape index (κ2) is 3.64. The van der Waals surface area contributed by atoms with E-state index in [4.69, 9.17) is 0 Å². The van der Waals surface area contributed by atoms with Gasteiger partial charge in [-0.25, -0.2) is 0 Å². The van der Waals surface area contributed by atoms with Crippen molar-refractivity contribution in [2.75, 3.05) is 26.7 Å². The zero-order valence-corrected chi connectivity index (χ0v) is 8.05. The van der Waals surface area contributed by atoms with Crippen molar-refractivity contribution in [1.29, 1.82) is 0 Å². The lowest BCUT2D eigenvalue weighted by Crippen LogP contribution is -2.43. The number of hydrogen-bond donors (Lipinski definition) is 2. The van der Waals surface area contributed by atoms with Gasteiger partial charge in [-0.2, -0.15) is 0 Å². The molecule has 2 saturated heterocycles. The van der Waals surface area contributed by atoms with Crippen LogP contribution in [0.25, 0.3) is 0 Å². The topological polar surface area (TPSA) is 44.4 Å². The number of nitrogens with zero attached hydrogens (tertiary/aromatic N) is 1. The van der Waals surface area contributed by atoms with Crippen molar-refractivity contribution in [2.45, 2.75) is 24.9 Å². The number of likely N-dealkylation sites (N-methyl/N-ethyl adjacent to an activating group) is 1. The number of likely N-dealkylation sites (tertiary alicyclic amines) is 1. The molecule has 0 aromatic heterocycles. The first-order chi connectivity index (χ1) is 6.25. The van der Waals surface area contributed by atoms with Crippen LogP contribution < -0.4 is 10.6 Å². The largest absolute Gasteiger partial charge is 0.355 e. The molecule has 2 heterocycles. The molecule has 13 heavy (non-hydrogen) atoms. The fourth-order valence-corrected chi connectivity index (χ4v) is 2.11. The first kappa shape index (κ1) is 8.97. The van der Waals surface area contributed by atoms with Crippen molar-refractivity contribution in [3.05, 3.63) is 0 Å². The highest BCUT2D eigenvalue weighted by Gasteiger charge is 2.28. The van der Waals surface area contributed by atoms with E-state index in [2.05, 4.69) is 22.6 Å². The molecule has 0 saturated carbocycles. The normalized spacial score (nSPS) is 35.3. The standard InChI is InChI=1S/C9H17N3O/c1-12-5-3-7(6-12)11-8-2-4-10-9(8)13/h7-8,11H,2-6H2,1H3,(H,10,13). The highest BCUT2D eigenvalue weighted by molar-refractivity contribution is 5.83. The minimum Gasteiger partial charge on any atom is -0.355 e. The van der Waals surface area contributed by atoms with E-state index in [0.29, 0.717) is 6.04 Å². The summed E-state index contributed by atoms with van der Waals surface area (Å²) in [4.78, 5) is 13.6. The van der Waals surface area contributed by atoms with E-state index in [1.165, 1.54) is 6.42 Å². The van der Waals surface area contributed by atoms with Crippen LogP contribution in [0.1, 0.15) is 12.8 Å². The number of carbonyl (C=O) groups excluding carboxylic acids is 1. The molecule has 2 aliphatic heterocycles. The predicted molar refractivity (Wildman–Crippen MR) is 50.5 cm³/mol. The molecule has 0 bridgehead atoms. The summed E-state index contributed by atoms with van der Waals surface area (Å²) in [5.41, 5.74) is 0. The van der Waals surface area contributed by atoms with Gasteiger partial charge < -0.3 is 15.5 Å². The van der Waals surface area contributed by atoms with E-state index in [1.807, 2.05) is 0 Å². The summed E-state index contributed by atoms with van der Waals surface area (Å²) in [5, 5.41) is 6.24. The lowest BCUT2D eigenvalue weighted by atomic mass is 10.2. The summed E-state index contributed by atoms with van der Waals surface area (Å²) in [6, 6.07) is 0.579. The Morgan fingerprint density at radius 2 is 2.38 bits per heavy atom. The molecule has 0 radical (unpaired) electrons. The van der Waals surface area contributed by atoms with E-state index in [9.17, 15) is 4.79 Å². The maximum Gasteiger partial charge on any atom is 0.237 e. The van der Waals surface area contributed by atoms with E-state index < -0.39 is 0 Å². The second-order valence-electron chi connectivity index (χ2n) is 4.05. The zero-order valence-electron chi connectivity index (χ0n) is 8.05. The summed E-state index contributed by atoms with van der Waals surface area (Å²) < 4.78 is 0. The molecule has 4 nitrogen and oxygen atoms in total. The minimum atomic E-state index is 0.0662. The highest BCUT2D eigenvalue weighted by Crippen LogP contribution is 2.09. The van der Waals surface area contributed by atoms with Gasteiger partial charge in [-0.3, -0.25) is 4.79 Å². The first-order valence-corrected chi connectivity index (χ1v) is 4.98. The average molecular weight is 183 g/mol. The number of rotatable bonds is 2. The van der Waals surface area contributed by atoms with Crippen molar-refractivity contribution in [2.24, 2.45) is 0 Å². The van der Waals surface area contributed by atoms with Crippen LogP contribution in [-0.2, 0) is 4.79 Å². The maximum absolute atomic E-state index is 11.3. The van der Waals surface area contributed by atoms with Gasteiger partial charge in [0, 0.05) is 19.1 Å². The Balaban J connectivity index is 1.81. The van der Waals surface area contributed by atoms with E-state index in [0.717, 1.165) is 26.1 Å². The van der Waals surface area contributed by atoms with Crippen molar-refractivity contribution in [1.82, 2.24) is 15.5 Å². The molecule has 4 heteroatoms. The molecule has 2 fully saturated rings. The summed E-state index contributed by atoms with van der Waals surface area (Å²) in [7, 11) is 2.12. The first-order valence-electron chi connectivity index (χ1n) is 4.98. The van der Waals surface area contributed by atoms with Gasteiger partial charge in [-0.1, -0.05) is 0 Å². The van der Waals surface area contributed by atoms with Crippen molar-refractivity contribution >= 4 is 5.91 Å². The molecular formula is C9H17N3O. The third kappa shape index (κ3) is 2.00. The van der Waals surface area contributed by atoms with Crippen LogP contribution in [0.2, 0.25) is 0 Å². The van der Waals surface area contributed by atoms with Gasteiger partial charge in [-0.15, -0.1) is 0 Å². The van der Waals surface area contributed by atoms with Gasteiger partial charge in [0.1, 0.15) is 0 Å². The Hall–Kier alpha value is -0.610. The molecule has 2 N–H and O–H groups in total. The molecular weight excluding hydrogens is 166 g/mol. The van der Waals surface area contributed by atoms with Gasteiger partial charge in [0.15, 0.2) is 0 Å². The molecule has 0 aliphatic carbocycles. The lowest BCUT2D eigenvalue weighted by molar-refractivity contribution is -0.121. The smallest absolute Gasteiger partial charge is 0.237 e. The third-order valence-electron chi connectivity index (χ3n) is 2.88. The van der Waals surface area contributed by atoms with Crippen molar-refractivity contribution in [3.8, 4) is 0 Å². The van der Waals surface area contributed by atoms with Gasteiger partial charge in [0.25, 0.3) is 0 Å². The average Bonchev–Trinajstić information content (AvgIpc) is 2.64. The van der Waals surface area contributed by atoms with Crippen LogP contribution in [0.4, 0.5) is 0 Å². The van der Waals surface area contributed by atoms with Crippen molar-refractivity contribution < 1.29 is 4.79 Å². The number of amides is 1. The van der Waals surface area contributed by atoms with Crippen LogP contribution in [-0.4, -0.2) is 49.6 Å². The van der Waals surface area contributed by atoms with Crippen LogP contribution >= 0.6 is 0 Å². The number of nitrogens with one attached hydrogen (secondary N) is 2. The van der Waals surface area contributed by atoms with E-state index in [-0.39, 0.29) is 11.9 Å². The van der Waals surface area contributed by atoms with Crippen LogP contribution in [0.15, 0.2) is 0 Å². The van der Waals surface area contributed by atoms with Crippen molar-refractivity contribution in [3.63, 3.8) is 0 Å². The molecule has 2 unspecified atom stereocenters. The maximum atomic E-state index is 11.3. The Morgan fingerprint density at radius 3 is 2.92 bits per heavy atom. The fourth-order valence-electron chi connectivity index (χ4n) is 2.11. The fraction of sp³-hybridized carbons (Fsp3) is 0.889. The van der Waals surface area contributed by atoms with Gasteiger partial charge >= 0.3 is 0 Å². The molecule has 2 atom stereocenters. The quantitative estimate of drug-likeness (QED) is 0.587. The Bertz CT molecular complexity index is 207. The highest BCUT2D eigenvalue weighted by atomic mass is 16.2. The molecule has 2 rings (SSSR count). The Labute approximate surface area is 78.7 Å². The molecule has 0 spiro atoms. The Morgan fingerprint density at radius 1 is 1.54 bits per heavy atom.